The molecule has 27 heavy (non-hydrogen) atoms. The van der Waals surface area contributed by atoms with Gasteiger partial charge >= 0.3 is 6.18 Å². The second kappa shape index (κ2) is 7.45. The lowest BCUT2D eigenvalue weighted by molar-refractivity contribution is -0.137. The van der Waals surface area contributed by atoms with Crippen LogP contribution in [0.5, 0.6) is 0 Å². The summed E-state index contributed by atoms with van der Waals surface area (Å²) in [5, 5.41) is -0.257. The van der Waals surface area contributed by atoms with E-state index in [0.29, 0.717) is 10.6 Å². The Kier molecular flexibility index (Phi) is 5.57. The van der Waals surface area contributed by atoms with Gasteiger partial charge in [-0.3, -0.25) is 0 Å². The van der Waals surface area contributed by atoms with Crippen molar-refractivity contribution in [2.45, 2.75) is 42.2 Å². The third kappa shape index (κ3) is 4.31. The molecule has 146 valence electrons. The number of aryl methyl sites for hydroxylation is 1. The van der Waals surface area contributed by atoms with E-state index >= 15 is 0 Å². The summed E-state index contributed by atoms with van der Waals surface area (Å²) in [5.74, 6) is 0. The van der Waals surface area contributed by atoms with E-state index in [1.807, 2.05) is 0 Å². The molecule has 1 aliphatic heterocycles. The van der Waals surface area contributed by atoms with Crippen molar-refractivity contribution in [3.05, 3.63) is 64.2 Å². The highest BCUT2D eigenvalue weighted by molar-refractivity contribution is 7.92. The quantitative estimate of drug-likeness (QED) is 0.673. The van der Waals surface area contributed by atoms with Crippen molar-refractivity contribution in [2.75, 3.05) is 6.61 Å². The number of halogens is 4. The molecule has 2 unspecified atom stereocenters. The predicted molar refractivity (Wildman–Crippen MR) is 96.5 cm³/mol. The van der Waals surface area contributed by atoms with Gasteiger partial charge in [0.15, 0.2) is 9.84 Å². The molecule has 3 nitrogen and oxygen atoms in total. The molecule has 1 aliphatic rings. The smallest absolute Gasteiger partial charge is 0.373 e. The fraction of sp³-hybridized carbons (Fsp3) is 0.368. The maximum Gasteiger partial charge on any atom is 0.416 e. The normalized spacial score (nSPS) is 21.2. The Morgan fingerprint density at radius 2 is 1.78 bits per heavy atom. The summed E-state index contributed by atoms with van der Waals surface area (Å²) in [4.78, 5) is -0.265. The molecule has 0 radical (unpaired) electrons. The number of ether oxygens (including phenoxy) is 1. The molecule has 0 amide bonds. The van der Waals surface area contributed by atoms with E-state index in [-0.39, 0.29) is 24.3 Å². The van der Waals surface area contributed by atoms with Crippen LogP contribution in [0.2, 0.25) is 5.02 Å². The van der Waals surface area contributed by atoms with E-state index in [9.17, 15) is 21.6 Å². The summed E-state index contributed by atoms with van der Waals surface area (Å²) in [7, 11) is -3.93. The lowest BCUT2D eigenvalue weighted by Crippen LogP contribution is -2.31. The van der Waals surface area contributed by atoms with Crippen LogP contribution in [0.3, 0.4) is 0 Å². The Morgan fingerprint density at radius 3 is 2.41 bits per heavy atom. The van der Waals surface area contributed by atoms with Gasteiger partial charge in [-0.15, -0.1) is 0 Å². The molecule has 2 aromatic carbocycles. The van der Waals surface area contributed by atoms with Gasteiger partial charge in [0.1, 0.15) is 0 Å². The number of hydrogen-bond acceptors (Lipinski definition) is 3. The average Bonchev–Trinajstić information content (AvgIpc) is 2.61. The zero-order chi connectivity index (χ0) is 19.8. The first-order valence-electron chi connectivity index (χ1n) is 8.38. The van der Waals surface area contributed by atoms with Gasteiger partial charge in [-0.05, 0) is 55.2 Å². The van der Waals surface area contributed by atoms with Crippen LogP contribution >= 0.6 is 11.6 Å². The SMILES string of the molecule is Cc1ccc(C(F)(F)F)cc1S(=O)(=O)C1CCOC(c2ccc(Cl)cc2)C1. The van der Waals surface area contributed by atoms with Gasteiger partial charge in [-0.2, -0.15) is 13.2 Å². The lowest BCUT2D eigenvalue weighted by Gasteiger charge is -2.30. The van der Waals surface area contributed by atoms with Crippen molar-refractivity contribution < 1.29 is 26.3 Å². The number of benzene rings is 2. The standard InChI is InChI=1S/C19H18ClF3O3S/c1-12-2-5-14(19(21,22)23)10-18(12)27(24,25)16-8-9-26-17(11-16)13-3-6-15(20)7-4-13/h2-7,10,16-17H,8-9,11H2,1H3. The molecule has 0 aromatic heterocycles. The van der Waals surface area contributed by atoms with Gasteiger partial charge in [-0.25, -0.2) is 8.42 Å². The second-order valence-electron chi connectivity index (χ2n) is 6.58. The van der Waals surface area contributed by atoms with Crippen LogP contribution in [0.25, 0.3) is 0 Å². The zero-order valence-corrected chi connectivity index (χ0v) is 16.0. The largest absolute Gasteiger partial charge is 0.416 e. The maximum atomic E-state index is 13.1. The van der Waals surface area contributed by atoms with E-state index < -0.39 is 32.9 Å². The number of rotatable bonds is 3. The summed E-state index contributed by atoms with van der Waals surface area (Å²) in [6.07, 6.45) is -4.62. The highest BCUT2D eigenvalue weighted by Crippen LogP contribution is 2.37. The molecule has 1 fully saturated rings. The first kappa shape index (κ1) is 20.2. The monoisotopic (exact) mass is 418 g/mol. The molecular weight excluding hydrogens is 401 g/mol. The van der Waals surface area contributed by atoms with Crippen LogP contribution in [0.4, 0.5) is 13.2 Å². The number of alkyl halides is 3. The summed E-state index contributed by atoms with van der Waals surface area (Å²) in [6, 6.07) is 9.73. The van der Waals surface area contributed by atoms with Crippen LogP contribution < -0.4 is 0 Å². The topological polar surface area (TPSA) is 43.4 Å². The second-order valence-corrected chi connectivity index (χ2v) is 9.21. The van der Waals surface area contributed by atoms with E-state index in [1.54, 1.807) is 24.3 Å². The molecule has 0 N–H and O–H groups in total. The van der Waals surface area contributed by atoms with Crippen LogP contribution in [-0.2, 0) is 20.8 Å². The van der Waals surface area contributed by atoms with Crippen molar-refractivity contribution in [3.63, 3.8) is 0 Å². The lowest BCUT2D eigenvalue weighted by atomic mass is 10.0. The van der Waals surface area contributed by atoms with Crippen molar-refractivity contribution in [1.29, 1.82) is 0 Å². The zero-order valence-electron chi connectivity index (χ0n) is 14.5. The van der Waals surface area contributed by atoms with Crippen LogP contribution in [0.15, 0.2) is 47.4 Å². The van der Waals surface area contributed by atoms with Gasteiger partial charge in [0.2, 0.25) is 0 Å². The molecule has 2 atom stereocenters. The fourth-order valence-electron chi connectivity index (χ4n) is 3.22. The van der Waals surface area contributed by atoms with Gasteiger partial charge in [-0.1, -0.05) is 29.8 Å². The molecule has 3 rings (SSSR count). The van der Waals surface area contributed by atoms with Gasteiger partial charge in [0.05, 0.1) is 21.8 Å². The van der Waals surface area contributed by atoms with E-state index in [2.05, 4.69) is 0 Å². The number of hydrogen-bond donors (Lipinski definition) is 0. The molecule has 0 aliphatic carbocycles. The van der Waals surface area contributed by atoms with E-state index in [1.165, 1.54) is 13.0 Å². The average molecular weight is 419 g/mol. The van der Waals surface area contributed by atoms with Crippen molar-refractivity contribution in [1.82, 2.24) is 0 Å². The Hall–Kier alpha value is -1.57. The highest BCUT2D eigenvalue weighted by Gasteiger charge is 2.37. The minimum atomic E-state index is -4.60. The van der Waals surface area contributed by atoms with Gasteiger partial charge < -0.3 is 4.74 Å². The van der Waals surface area contributed by atoms with Gasteiger partial charge in [0.25, 0.3) is 0 Å². The molecule has 2 aromatic rings. The molecule has 0 bridgehead atoms. The first-order valence-corrected chi connectivity index (χ1v) is 10.3. The minimum absolute atomic E-state index is 0.180. The Balaban J connectivity index is 1.91. The minimum Gasteiger partial charge on any atom is -0.373 e. The van der Waals surface area contributed by atoms with Gasteiger partial charge in [0, 0.05) is 11.6 Å². The Morgan fingerprint density at radius 1 is 1.11 bits per heavy atom. The van der Waals surface area contributed by atoms with Crippen LogP contribution in [0.1, 0.15) is 35.6 Å². The molecular formula is C19H18ClF3O3S. The molecule has 1 saturated heterocycles. The third-order valence-corrected chi connectivity index (χ3v) is 7.35. The van der Waals surface area contributed by atoms with Crippen LogP contribution in [0, 0.1) is 6.92 Å². The Bertz CT molecular complexity index is 924. The summed E-state index contributed by atoms with van der Waals surface area (Å²) < 4.78 is 70.9. The molecule has 0 spiro atoms. The fourth-order valence-corrected chi connectivity index (χ4v) is 5.35. The highest BCUT2D eigenvalue weighted by atomic mass is 35.5. The Labute approximate surface area is 161 Å². The third-order valence-electron chi connectivity index (χ3n) is 4.74. The van der Waals surface area contributed by atoms with Crippen molar-refractivity contribution in [3.8, 4) is 0 Å². The predicted octanol–water partition coefficient (Wildman–Crippen LogP) is 5.36. The summed E-state index contributed by atoms with van der Waals surface area (Å²) >= 11 is 5.87. The van der Waals surface area contributed by atoms with E-state index in [4.69, 9.17) is 16.3 Å². The van der Waals surface area contributed by atoms with Crippen LogP contribution in [-0.4, -0.2) is 20.3 Å². The number of sulfone groups is 1. The van der Waals surface area contributed by atoms with Crippen molar-refractivity contribution >= 4 is 21.4 Å². The maximum absolute atomic E-state index is 13.1. The summed E-state index contributed by atoms with van der Waals surface area (Å²) in [5.41, 5.74) is 0.130. The molecule has 8 heteroatoms. The van der Waals surface area contributed by atoms with E-state index in [0.717, 1.165) is 17.7 Å². The molecule has 1 heterocycles. The first-order chi connectivity index (χ1) is 12.6. The summed E-state index contributed by atoms with van der Waals surface area (Å²) in [6.45, 7) is 1.72. The molecule has 0 saturated carbocycles. The van der Waals surface area contributed by atoms with Crippen molar-refractivity contribution in [2.24, 2.45) is 0 Å².